The fourth-order valence-electron chi connectivity index (χ4n) is 2.24. The first kappa shape index (κ1) is 15.3. The number of nitrogens with zero attached hydrogens (tertiary/aromatic N) is 3. The molecule has 1 aromatic heterocycles. The summed E-state index contributed by atoms with van der Waals surface area (Å²) < 4.78 is 3.15. The Morgan fingerprint density at radius 2 is 1.78 bits per heavy atom. The summed E-state index contributed by atoms with van der Waals surface area (Å²) in [5.41, 5.74) is 3.99. The SMILES string of the molecule is N#Cc1ccc(Cn2cncc2C=Cc2ccc(Br)cc2)cc1. The van der Waals surface area contributed by atoms with Crippen molar-refractivity contribution < 1.29 is 0 Å². The molecule has 0 amide bonds. The summed E-state index contributed by atoms with van der Waals surface area (Å²) in [7, 11) is 0. The smallest absolute Gasteiger partial charge is 0.0991 e. The predicted molar refractivity (Wildman–Crippen MR) is 95.6 cm³/mol. The first-order valence-corrected chi connectivity index (χ1v) is 7.97. The lowest BCUT2D eigenvalue weighted by Gasteiger charge is -2.05. The van der Waals surface area contributed by atoms with E-state index in [1.807, 2.05) is 48.9 Å². The monoisotopic (exact) mass is 363 g/mol. The number of hydrogen-bond donors (Lipinski definition) is 0. The molecule has 4 heteroatoms. The lowest BCUT2D eigenvalue weighted by atomic mass is 10.1. The molecule has 3 rings (SSSR count). The van der Waals surface area contributed by atoms with Crippen LogP contribution in [0.5, 0.6) is 0 Å². The maximum atomic E-state index is 8.85. The van der Waals surface area contributed by atoms with E-state index in [1.165, 1.54) is 0 Å². The molecule has 0 aliphatic rings. The first-order valence-electron chi connectivity index (χ1n) is 7.17. The average Bonchev–Trinajstić information content (AvgIpc) is 3.02. The Hall–Kier alpha value is -2.64. The molecular formula is C19H14BrN3. The van der Waals surface area contributed by atoms with Crippen molar-refractivity contribution in [2.45, 2.75) is 6.54 Å². The highest BCUT2D eigenvalue weighted by molar-refractivity contribution is 9.10. The third kappa shape index (κ3) is 3.97. The molecular weight excluding hydrogens is 350 g/mol. The Morgan fingerprint density at radius 1 is 1.04 bits per heavy atom. The maximum absolute atomic E-state index is 8.85. The van der Waals surface area contributed by atoms with Crippen molar-refractivity contribution in [3.63, 3.8) is 0 Å². The molecule has 0 bridgehead atoms. The summed E-state index contributed by atoms with van der Waals surface area (Å²) in [6.45, 7) is 0.728. The van der Waals surface area contributed by atoms with Crippen LogP contribution in [0.3, 0.4) is 0 Å². The van der Waals surface area contributed by atoms with E-state index < -0.39 is 0 Å². The van der Waals surface area contributed by atoms with Crippen LogP contribution in [-0.4, -0.2) is 9.55 Å². The second-order valence-corrected chi connectivity index (χ2v) is 6.06. The summed E-state index contributed by atoms with van der Waals surface area (Å²) in [4.78, 5) is 4.23. The highest BCUT2D eigenvalue weighted by atomic mass is 79.9. The minimum absolute atomic E-state index is 0.676. The van der Waals surface area contributed by atoms with Gasteiger partial charge in [0.1, 0.15) is 0 Å². The molecule has 3 aromatic rings. The zero-order valence-electron chi connectivity index (χ0n) is 12.4. The predicted octanol–water partition coefficient (Wildman–Crippen LogP) is 4.74. The van der Waals surface area contributed by atoms with Crippen molar-refractivity contribution in [2.75, 3.05) is 0 Å². The molecule has 0 aliphatic heterocycles. The van der Waals surface area contributed by atoms with E-state index in [0.29, 0.717) is 5.56 Å². The first-order chi connectivity index (χ1) is 11.2. The van der Waals surface area contributed by atoms with Gasteiger partial charge in [-0.2, -0.15) is 5.26 Å². The summed E-state index contributed by atoms with van der Waals surface area (Å²) >= 11 is 3.44. The van der Waals surface area contributed by atoms with Crippen LogP contribution in [0.1, 0.15) is 22.4 Å². The van der Waals surface area contributed by atoms with Gasteiger partial charge in [0, 0.05) is 11.0 Å². The number of rotatable bonds is 4. The second kappa shape index (κ2) is 7.08. The third-order valence-electron chi connectivity index (χ3n) is 3.50. The van der Waals surface area contributed by atoms with Crippen LogP contribution in [-0.2, 0) is 6.54 Å². The Kier molecular flexibility index (Phi) is 4.70. The number of imidazole rings is 1. The van der Waals surface area contributed by atoms with Crippen LogP contribution in [0, 0.1) is 11.3 Å². The largest absolute Gasteiger partial charge is 0.327 e. The number of aromatic nitrogens is 2. The minimum atomic E-state index is 0.676. The van der Waals surface area contributed by atoms with Gasteiger partial charge in [0.2, 0.25) is 0 Å². The van der Waals surface area contributed by atoms with Gasteiger partial charge in [-0.1, -0.05) is 46.3 Å². The molecule has 0 saturated carbocycles. The zero-order valence-corrected chi connectivity index (χ0v) is 13.9. The highest BCUT2D eigenvalue weighted by Crippen LogP contribution is 2.14. The van der Waals surface area contributed by atoms with Gasteiger partial charge < -0.3 is 4.57 Å². The number of benzene rings is 2. The molecule has 0 atom stereocenters. The average molecular weight is 364 g/mol. The molecule has 3 nitrogen and oxygen atoms in total. The van der Waals surface area contributed by atoms with Crippen molar-refractivity contribution in [1.82, 2.24) is 9.55 Å². The summed E-state index contributed by atoms with van der Waals surface area (Å²) in [5.74, 6) is 0. The van der Waals surface area contributed by atoms with Crippen LogP contribution in [0.2, 0.25) is 0 Å². The Morgan fingerprint density at radius 3 is 2.48 bits per heavy atom. The van der Waals surface area contributed by atoms with E-state index in [9.17, 15) is 0 Å². The van der Waals surface area contributed by atoms with E-state index in [1.54, 1.807) is 0 Å². The normalized spacial score (nSPS) is 10.8. The molecule has 0 radical (unpaired) electrons. The van der Waals surface area contributed by atoms with Crippen molar-refractivity contribution >= 4 is 28.1 Å². The van der Waals surface area contributed by atoms with Crippen LogP contribution in [0.25, 0.3) is 12.2 Å². The molecule has 23 heavy (non-hydrogen) atoms. The van der Waals surface area contributed by atoms with Crippen LogP contribution in [0.15, 0.2) is 65.5 Å². The van der Waals surface area contributed by atoms with Crippen molar-refractivity contribution in [1.29, 1.82) is 5.26 Å². The molecule has 0 N–H and O–H groups in total. The quantitative estimate of drug-likeness (QED) is 0.671. The van der Waals surface area contributed by atoms with Gasteiger partial charge in [0.15, 0.2) is 0 Å². The van der Waals surface area contributed by atoms with Gasteiger partial charge in [-0.25, -0.2) is 4.98 Å². The zero-order chi connectivity index (χ0) is 16.1. The van der Waals surface area contributed by atoms with Gasteiger partial charge in [-0.15, -0.1) is 0 Å². The fourth-order valence-corrected chi connectivity index (χ4v) is 2.50. The Balaban J connectivity index is 1.76. The fraction of sp³-hybridized carbons (Fsp3) is 0.0526. The van der Waals surface area contributed by atoms with Crippen LogP contribution in [0.4, 0.5) is 0 Å². The molecule has 0 saturated heterocycles. The lowest BCUT2D eigenvalue weighted by Crippen LogP contribution is -2.00. The van der Waals surface area contributed by atoms with E-state index >= 15 is 0 Å². The van der Waals surface area contributed by atoms with E-state index in [2.05, 4.69) is 55.8 Å². The van der Waals surface area contributed by atoms with Gasteiger partial charge in [-0.3, -0.25) is 0 Å². The van der Waals surface area contributed by atoms with Gasteiger partial charge in [0.05, 0.1) is 29.9 Å². The van der Waals surface area contributed by atoms with Crippen molar-refractivity contribution in [2.24, 2.45) is 0 Å². The molecule has 0 unspecified atom stereocenters. The second-order valence-electron chi connectivity index (χ2n) is 5.14. The highest BCUT2D eigenvalue weighted by Gasteiger charge is 2.01. The number of hydrogen-bond acceptors (Lipinski definition) is 2. The maximum Gasteiger partial charge on any atom is 0.0991 e. The van der Waals surface area contributed by atoms with Crippen molar-refractivity contribution in [3.8, 4) is 6.07 Å². The van der Waals surface area contributed by atoms with E-state index in [0.717, 1.165) is 27.8 Å². The van der Waals surface area contributed by atoms with Crippen molar-refractivity contribution in [3.05, 3.63) is 87.9 Å². The molecule has 2 aromatic carbocycles. The number of halogens is 1. The summed E-state index contributed by atoms with van der Waals surface area (Å²) in [5, 5.41) is 8.85. The topological polar surface area (TPSA) is 41.6 Å². The minimum Gasteiger partial charge on any atom is -0.327 e. The molecule has 1 heterocycles. The summed E-state index contributed by atoms with van der Waals surface area (Å²) in [6.07, 6.45) is 7.79. The van der Waals surface area contributed by atoms with Gasteiger partial charge in [-0.05, 0) is 41.5 Å². The number of nitriles is 1. The van der Waals surface area contributed by atoms with Crippen LogP contribution >= 0.6 is 15.9 Å². The van der Waals surface area contributed by atoms with Crippen LogP contribution < -0.4 is 0 Å². The lowest BCUT2D eigenvalue weighted by molar-refractivity contribution is 0.790. The van der Waals surface area contributed by atoms with Gasteiger partial charge >= 0.3 is 0 Å². The standard InChI is InChI=1S/C19H14BrN3/c20-18-8-5-15(6-9-18)7-10-19-12-22-14-23(19)13-17-3-1-16(11-21)2-4-17/h1-10,12,14H,13H2. The molecule has 112 valence electrons. The van der Waals surface area contributed by atoms with E-state index in [-0.39, 0.29) is 0 Å². The molecule has 0 aliphatic carbocycles. The summed E-state index contributed by atoms with van der Waals surface area (Å²) in [6, 6.07) is 17.9. The van der Waals surface area contributed by atoms with E-state index in [4.69, 9.17) is 5.26 Å². The Labute approximate surface area is 143 Å². The molecule has 0 fully saturated rings. The van der Waals surface area contributed by atoms with Gasteiger partial charge in [0.25, 0.3) is 0 Å². The molecule has 0 spiro atoms. The Bertz CT molecular complexity index is 853. The third-order valence-corrected chi connectivity index (χ3v) is 4.03.